The SMILES string of the molecule is CCCNC(C)c1cnn(-c2ccc(Br)cc2C)c1C. The van der Waals surface area contributed by atoms with E-state index in [-0.39, 0.29) is 0 Å². The van der Waals surface area contributed by atoms with Gasteiger partial charge in [-0.05, 0) is 57.5 Å². The Kier molecular flexibility index (Phi) is 5.00. The lowest BCUT2D eigenvalue weighted by Gasteiger charge is -2.14. The van der Waals surface area contributed by atoms with Gasteiger partial charge in [-0.3, -0.25) is 0 Å². The zero-order valence-corrected chi connectivity index (χ0v) is 14.2. The van der Waals surface area contributed by atoms with Crippen molar-refractivity contribution in [2.45, 2.75) is 40.2 Å². The molecular formula is C16H22BrN3. The molecule has 0 saturated heterocycles. The minimum Gasteiger partial charge on any atom is -0.310 e. The van der Waals surface area contributed by atoms with E-state index in [1.54, 1.807) is 0 Å². The van der Waals surface area contributed by atoms with Gasteiger partial charge in [0, 0.05) is 21.8 Å². The van der Waals surface area contributed by atoms with Gasteiger partial charge in [0.15, 0.2) is 0 Å². The summed E-state index contributed by atoms with van der Waals surface area (Å²) in [7, 11) is 0. The van der Waals surface area contributed by atoms with Gasteiger partial charge in [-0.15, -0.1) is 0 Å². The maximum Gasteiger partial charge on any atom is 0.0678 e. The Balaban J connectivity index is 2.33. The van der Waals surface area contributed by atoms with Crippen molar-refractivity contribution in [1.29, 1.82) is 0 Å². The van der Waals surface area contributed by atoms with E-state index < -0.39 is 0 Å². The minimum atomic E-state index is 0.333. The summed E-state index contributed by atoms with van der Waals surface area (Å²) in [6.07, 6.45) is 3.12. The second kappa shape index (κ2) is 6.55. The number of nitrogens with zero attached hydrogens (tertiary/aromatic N) is 2. The number of hydrogen-bond acceptors (Lipinski definition) is 2. The van der Waals surface area contributed by atoms with Gasteiger partial charge in [0.2, 0.25) is 0 Å². The first-order valence-electron chi connectivity index (χ1n) is 7.09. The van der Waals surface area contributed by atoms with Crippen LogP contribution in [0.2, 0.25) is 0 Å². The molecule has 0 fully saturated rings. The summed E-state index contributed by atoms with van der Waals surface area (Å²) in [6, 6.07) is 6.61. The summed E-state index contributed by atoms with van der Waals surface area (Å²) < 4.78 is 3.13. The standard InChI is InChI=1S/C16H22BrN3/c1-5-8-18-12(3)15-10-19-20(13(15)4)16-7-6-14(17)9-11(16)2/h6-7,9-10,12,18H,5,8H2,1-4H3. The van der Waals surface area contributed by atoms with Crippen molar-refractivity contribution in [3.05, 3.63) is 45.7 Å². The third kappa shape index (κ3) is 3.13. The molecule has 4 heteroatoms. The van der Waals surface area contributed by atoms with Crippen molar-refractivity contribution in [2.24, 2.45) is 0 Å². The summed E-state index contributed by atoms with van der Waals surface area (Å²) >= 11 is 3.50. The van der Waals surface area contributed by atoms with Crippen molar-refractivity contribution < 1.29 is 0 Å². The first-order valence-corrected chi connectivity index (χ1v) is 7.88. The molecule has 0 amide bonds. The molecule has 3 nitrogen and oxygen atoms in total. The number of nitrogens with one attached hydrogen (secondary N) is 1. The number of aromatic nitrogens is 2. The van der Waals surface area contributed by atoms with Gasteiger partial charge in [-0.1, -0.05) is 22.9 Å². The topological polar surface area (TPSA) is 29.9 Å². The Bertz CT molecular complexity index is 589. The number of benzene rings is 1. The van der Waals surface area contributed by atoms with E-state index in [1.165, 1.54) is 16.8 Å². The molecule has 108 valence electrons. The third-order valence-electron chi connectivity index (χ3n) is 3.60. The number of aryl methyl sites for hydroxylation is 1. The molecule has 1 aromatic carbocycles. The Morgan fingerprint density at radius 1 is 1.35 bits per heavy atom. The largest absolute Gasteiger partial charge is 0.310 e. The summed E-state index contributed by atoms with van der Waals surface area (Å²) in [4.78, 5) is 0. The number of rotatable bonds is 5. The van der Waals surface area contributed by atoms with Gasteiger partial charge in [0.05, 0.1) is 11.9 Å². The normalized spacial score (nSPS) is 12.7. The second-order valence-corrected chi connectivity index (χ2v) is 6.12. The highest BCUT2D eigenvalue weighted by Gasteiger charge is 2.14. The molecule has 1 unspecified atom stereocenters. The fraction of sp³-hybridized carbons (Fsp3) is 0.438. The second-order valence-electron chi connectivity index (χ2n) is 5.20. The Morgan fingerprint density at radius 3 is 2.75 bits per heavy atom. The predicted octanol–water partition coefficient (Wildman–Crippen LogP) is 4.31. The van der Waals surface area contributed by atoms with Gasteiger partial charge in [0.25, 0.3) is 0 Å². The summed E-state index contributed by atoms with van der Waals surface area (Å²) in [5.41, 5.74) is 4.82. The van der Waals surface area contributed by atoms with Crippen LogP contribution in [0.4, 0.5) is 0 Å². The lowest BCUT2D eigenvalue weighted by atomic mass is 10.1. The molecule has 2 aromatic rings. The van der Waals surface area contributed by atoms with Gasteiger partial charge in [0.1, 0.15) is 0 Å². The molecule has 0 bridgehead atoms. The van der Waals surface area contributed by atoms with E-state index in [0.29, 0.717) is 6.04 Å². The van der Waals surface area contributed by atoms with E-state index >= 15 is 0 Å². The third-order valence-corrected chi connectivity index (χ3v) is 4.10. The fourth-order valence-corrected chi connectivity index (χ4v) is 2.89. The highest BCUT2D eigenvalue weighted by Crippen LogP contribution is 2.24. The van der Waals surface area contributed by atoms with Crippen molar-refractivity contribution in [3.8, 4) is 5.69 Å². The summed E-state index contributed by atoms with van der Waals surface area (Å²) in [5.74, 6) is 0. The zero-order valence-electron chi connectivity index (χ0n) is 12.6. The number of halogens is 1. The molecule has 0 saturated carbocycles. The van der Waals surface area contributed by atoms with Crippen LogP contribution in [0.1, 0.15) is 43.1 Å². The van der Waals surface area contributed by atoms with E-state index in [0.717, 1.165) is 23.1 Å². The molecule has 1 aromatic heterocycles. The van der Waals surface area contributed by atoms with Crippen LogP contribution in [0, 0.1) is 13.8 Å². The van der Waals surface area contributed by atoms with Crippen LogP contribution < -0.4 is 5.32 Å². The van der Waals surface area contributed by atoms with E-state index in [4.69, 9.17) is 0 Å². The fourth-order valence-electron chi connectivity index (χ4n) is 2.42. The predicted molar refractivity (Wildman–Crippen MR) is 87.4 cm³/mol. The molecule has 0 spiro atoms. The van der Waals surface area contributed by atoms with Gasteiger partial charge < -0.3 is 5.32 Å². The van der Waals surface area contributed by atoms with Crippen LogP contribution in [-0.4, -0.2) is 16.3 Å². The Labute approximate surface area is 129 Å². The molecule has 0 aliphatic heterocycles. The molecule has 0 radical (unpaired) electrons. The van der Waals surface area contributed by atoms with Crippen LogP contribution >= 0.6 is 15.9 Å². The lowest BCUT2D eigenvalue weighted by Crippen LogP contribution is -2.19. The van der Waals surface area contributed by atoms with E-state index in [2.05, 4.69) is 72.2 Å². The maximum atomic E-state index is 4.57. The van der Waals surface area contributed by atoms with E-state index in [1.807, 2.05) is 10.9 Å². The smallest absolute Gasteiger partial charge is 0.0678 e. The molecule has 1 N–H and O–H groups in total. The average molecular weight is 336 g/mol. The van der Waals surface area contributed by atoms with Crippen molar-refractivity contribution in [1.82, 2.24) is 15.1 Å². The van der Waals surface area contributed by atoms with Crippen molar-refractivity contribution >= 4 is 15.9 Å². The highest BCUT2D eigenvalue weighted by molar-refractivity contribution is 9.10. The first kappa shape index (κ1) is 15.3. The van der Waals surface area contributed by atoms with Crippen LogP contribution in [0.3, 0.4) is 0 Å². The quantitative estimate of drug-likeness (QED) is 0.882. The minimum absolute atomic E-state index is 0.333. The zero-order chi connectivity index (χ0) is 14.7. The monoisotopic (exact) mass is 335 g/mol. The van der Waals surface area contributed by atoms with E-state index in [9.17, 15) is 0 Å². The molecule has 1 heterocycles. The molecule has 20 heavy (non-hydrogen) atoms. The van der Waals surface area contributed by atoms with Crippen LogP contribution in [0.15, 0.2) is 28.9 Å². The van der Waals surface area contributed by atoms with Crippen molar-refractivity contribution in [3.63, 3.8) is 0 Å². The lowest BCUT2D eigenvalue weighted by molar-refractivity contribution is 0.568. The summed E-state index contributed by atoms with van der Waals surface area (Å²) in [5, 5.41) is 8.08. The molecule has 1 atom stereocenters. The first-order chi connectivity index (χ1) is 9.54. The van der Waals surface area contributed by atoms with Crippen LogP contribution in [0.25, 0.3) is 5.69 Å². The Hall–Kier alpha value is -1.13. The van der Waals surface area contributed by atoms with Crippen LogP contribution in [-0.2, 0) is 0 Å². The molecule has 2 rings (SSSR count). The number of hydrogen-bond donors (Lipinski definition) is 1. The molecule has 0 aliphatic carbocycles. The average Bonchev–Trinajstić information content (AvgIpc) is 2.78. The Morgan fingerprint density at radius 2 is 2.10 bits per heavy atom. The van der Waals surface area contributed by atoms with Gasteiger partial charge >= 0.3 is 0 Å². The van der Waals surface area contributed by atoms with Gasteiger partial charge in [-0.25, -0.2) is 4.68 Å². The van der Waals surface area contributed by atoms with Crippen molar-refractivity contribution in [2.75, 3.05) is 6.54 Å². The maximum absolute atomic E-state index is 4.57. The molecular weight excluding hydrogens is 314 g/mol. The van der Waals surface area contributed by atoms with Crippen LogP contribution in [0.5, 0.6) is 0 Å². The molecule has 0 aliphatic rings. The summed E-state index contributed by atoms with van der Waals surface area (Å²) in [6.45, 7) is 9.65. The van der Waals surface area contributed by atoms with Gasteiger partial charge in [-0.2, -0.15) is 5.10 Å². The highest BCUT2D eigenvalue weighted by atomic mass is 79.9.